The van der Waals surface area contributed by atoms with Gasteiger partial charge in [0.2, 0.25) is 0 Å². The first-order chi connectivity index (χ1) is 7.17. The number of fused-ring (bicyclic) bond motifs is 1. The van der Waals surface area contributed by atoms with E-state index >= 15 is 0 Å². The standard InChI is InChI=1S/C11H17N3S/c1-14-6-5-11(12,7-14)10-13-8-3-2-4-9(8)15-10/h2-7,12H2,1H3. The molecule has 0 radical (unpaired) electrons. The Hall–Kier alpha value is -0.450. The number of aromatic nitrogens is 1. The van der Waals surface area contributed by atoms with E-state index in [2.05, 4.69) is 11.9 Å². The van der Waals surface area contributed by atoms with Crippen LogP contribution in [0.25, 0.3) is 0 Å². The number of hydrogen-bond donors (Lipinski definition) is 1. The summed E-state index contributed by atoms with van der Waals surface area (Å²) >= 11 is 1.86. The van der Waals surface area contributed by atoms with Gasteiger partial charge in [0, 0.05) is 18.0 Å². The third kappa shape index (κ3) is 1.51. The van der Waals surface area contributed by atoms with Gasteiger partial charge in [-0.15, -0.1) is 11.3 Å². The van der Waals surface area contributed by atoms with Crippen LogP contribution in [-0.4, -0.2) is 30.0 Å². The maximum atomic E-state index is 6.44. The van der Waals surface area contributed by atoms with E-state index in [-0.39, 0.29) is 5.54 Å². The molecule has 2 heterocycles. The SMILES string of the molecule is CN1CCC(N)(c2nc3c(s2)CCC3)C1. The van der Waals surface area contributed by atoms with E-state index in [4.69, 9.17) is 10.7 Å². The average Bonchev–Trinajstić information content (AvgIpc) is 2.78. The number of nitrogens with zero attached hydrogens (tertiary/aromatic N) is 2. The first kappa shape index (κ1) is 9.75. The van der Waals surface area contributed by atoms with Crippen molar-refractivity contribution in [2.45, 2.75) is 31.2 Å². The summed E-state index contributed by atoms with van der Waals surface area (Å²) in [5.41, 5.74) is 7.60. The molecule has 0 aromatic carbocycles. The Morgan fingerprint density at radius 1 is 1.47 bits per heavy atom. The average molecular weight is 223 g/mol. The molecule has 0 bridgehead atoms. The van der Waals surface area contributed by atoms with Gasteiger partial charge in [-0.2, -0.15) is 0 Å². The van der Waals surface area contributed by atoms with Crippen molar-refractivity contribution in [3.05, 3.63) is 15.6 Å². The lowest BCUT2D eigenvalue weighted by Gasteiger charge is -2.20. The third-order valence-corrected chi connectivity index (χ3v) is 4.89. The van der Waals surface area contributed by atoms with Crippen molar-refractivity contribution in [2.24, 2.45) is 5.73 Å². The molecule has 3 rings (SSSR count). The van der Waals surface area contributed by atoms with Crippen molar-refractivity contribution in [3.8, 4) is 0 Å². The predicted octanol–water partition coefficient (Wildman–Crippen LogP) is 1.12. The summed E-state index contributed by atoms with van der Waals surface area (Å²) in [6.07, 6.45) is 4.72. The molecule has 1 aliphatic heterocycles. The summed E-state index contributed by atoms with van der Waals surface area (Å²) in [4.78, 5) is 8.53. The lowest BCUT2D eigenvalue weighted by molar-refractivity contribution is 0.372. The van der Waals surface area contributed by atoms with Gasteiger partial charge in [-0.3, -0.25) is 0 Å². The third-order valence-electron chi connectivity index (χ3n) is 3.51. The quantitative estimate of drug-likeness (QED) is 0.776. The first-order valence-corrected chi connectivity index (χ1v) is 6.45. The summed E-state index contributed by atoms with van der Waals surface area (Å²) in [5, 5.41) is 1.18. The number of rotatable bonds is 1. The summed E-state index contributed by atoms with van der Waals surface area (Å²) in [6, 6.07) is 0. The van der Waals surface area contributed by atoms with Crippen LogP contribution in [0.15, 0.2) is 0 Å². The second kappa shape index (κ2) is 3.27. The van der Waals surface area contributed by atoms with E-state index in [1.54, 1.807) is 0 Å². The van der Waals surface area contributed by atoms with Gasteiger partial charge in [-0.05, 0) is 32.7 Å². The fraction of sp³-hybridized carbons (Fsp3) is 0.727. The smallest absolute Gasteiger partial charge is 0.114 e. The summed E-state index contributed by atoms with van der Waals surface area (Å²) in [6.45, 7) is 2.06. The molecular formula is C11H17N3S. The number of likely N-dealkylation sites (tertiary alicyclic amines) is 1. The van der Waals surface area contributed by atoms with E-state index in [1.807, 2.05) is 11.3 Å². The zero-order valence-corrected chi connectivity index (χ0v) is 9.94. The minimum absolute atomic E-state index is 0.163. The maximum absolute atomic E-state index is 6.44. The molecule has 1 unspecified atom stereocenters. The lowest BCUT2D eigenvalue weighted by Crippen LogP contribution is -2.39. The maximum Gasteiger partial charge on any atom is 0.114 e. The molecule has 1 fully saturated rings. The highest BCUT2D eigenvalue weighted by atomic mass is 32.1. The Kier molecular flexibility index (Phi) is 2.13. The molecule has 0 amide bonds. The van der Waals surface area contributed by atoms with Crippen LogP contribution in [0.1, 0.15) is 28.4 Å². The molecule has 1 atom stereocenters. The summed E-state index contributed by atoms with van der Waals surface area (Å²) in [5.74, 6) is 0. The Morgan fingerprint density at radius 2 is 2.33 bits per heavy atom. The van der Waals surface area contributed by atoms with Crippen LogP contribution in [0.5, 0.6) is 0 Å². The van der Waals surface area contributed by atoms with Crippen molar-refractivity contribution >= 4 is 11.3 Å². The van der Waals surface area contributed by atoms with Gasteiger partial charge >= 0.3 is 0 Å². The van der Waals surface area contributed by atoms with E-state index in [0.717, 1.165) is 25.9 Å². The molecule has 4 heteroatoms. The van der Waals surface area contributed by atoms with Crippen LogP contribution in [0.4, 0.5) is 0 Å². The molecule has 1 saturated heterocycles. The topological polar surface area (TPSA) is 42.1 Å². The minimum Gasteiger partial charge on any atom is -0.318 e. The van der Waals surface area contributed by atoms with Gasteiger partial charge in [0.1, 0.15) is 5.01 Å². The van der Waals surface area contributed by atoms with Gasteiger partial charge in [-0.1, -0.05) is 0 Å². The van der Waals surface area contributed by atoms with Gasteiger partial charge in [0.25, 0.3) is 0 Å². The monoisotopic (exact) mass is 223 g/mol. The van der Waals surface area contributed by atoms with Crippen molar-refractivity contribution in [2.75, 3.05) is 20.1 Å². The molecule has 0 spiro atoms. The van der Waals surface area contributed by atoms with Crippen LogP contribution in [0, 0.1) is 0 Å². The number of hydrogen-bond acceptors (Lipinski definition) is 4. The molecule has 2 aliphatic rings. The fourth-order valence-corrected chi connectivity index (χ4v) is 3.88. The zero-order valence-electron chi connectivity index (χ0n) is 9.12. The molecule has 2 N–H and O–H groups in total. The molecule has 1 aliphatic carbocycles. The first-order valence-electron chi connectivity index (χ1n) is 5.64. The van der Waals surface area contributed by atoms with Gasteiger partial charge in [-0.25, -0.2) is 4.98 Å². The Morgan fingerprint density at radius 3 is 3.00 bits per heavy atom. The highest BCUT2D eigenvalue weighted by molar-refractivity contribution is 7.12. The van der Waals surface area contributed by atoms with E-state index in [9.17, 15) is 0 Å². The highest BCUT2D eigenvalue weighted by Gasteiger charge is 2.38. The molecule has 15 heavy (non-hydrogen) atoms. The summed E-state index contributed by atoms with van der Waals surface area (Å²) < 4.78 is 0. The normalized spacial score (nSPS) is 31.1. The van der Waals surface area contributed by atoms with E-state index in [1.165, 1.54) is 28.4 Å². The Balaban J connectivity index is 1.92. The van der Waals surface area contributed by atoms with Crippen molar-refractivity contribution in [3.63, 3.8) is 0 Å². The van der Waals surface area contributed by atoms with Crippen LogP contribution >= 0.6 is 11.3 Å². The van der Waals surface area contributed by atoms with Crippen LogP contribution < -0.4 is 5.73 Å². The van der Waals surface area contributed by atoms with Crippen LogP contribution in [-0.2, 0) is 18.4 Å². The van der Waals surface area contributed by atoms with E-state index < -0.39 is 0 Å². The predicted molar refractivity (Wildman–Crippen MR) is 62.1 cm³/mol. The molecular weight excluding hydrogens is 206 g/mol. The second-order valence-electron chi connectivity index (χ2n) is 4.89. The zero-order chi connectivity index (χ0) is 10.5. The van der Waals surface area contributed by atoms with Crippen LogP contribution in [0.2, 0.25) is 0 Å². The molecule has 1 aromatic heterocycles. The van der Waals surface area contributed by atoms with Gasteiger partial charge in [0.05, 0.1) is 11.2 Å². The molecule has 0 saturated carbocycles. The number of thiazole rings is 1. The largest absolute Gasteiger partial charge is 0.318 e. The number of nitrogens with two attached hydrogens (primary N) is 1. The highest BCUT2D eigenvalue weighted by Crippen LogP contribution is 2.36. The molecule has 3 nitrogen and oxygen atoms in total. The molecule has 1 aromatic rings. The number of likely N-dealkylation sites (N-methyl/N-ethyl adjacent to an activating group) is 1. The molecule has 82 valence electrons. The van der Waals surface area contributed by atoms with Crippen molar-refractivity contribution in [1.82, 2.24) is 9.88 Å². The Labute approximate surface area is 94.3 Å². The van der Waals surface area contributed by atoms with Crippen LogP contribution in [0.3, 0.4) is 0 Å². The van der Waals surface area contributed by atoms with E-state index in [0.29, 0.717) is 0 Å². The lowest BCUT2D eigenvalue weighted by atomic mass is 10.0. The summed E-state index contributed by atoms with van der Waals surface area (Å²) in [7, 11) is 2.13. The van der Waals surface area contributed by atoms with Crippen molar-refractivity contribution in [1.29, 1.82) is 0 Å². The number of aryl methyl sites for hydroxylation is 2. The van der Waals surface area contributed by atoms with Crippen molar-refractivity contribution < 1.29 is 0 Å². The minimum atomic E-state index is -0.163. The van der Waals surface area contributed by atoms with Gasteiger partial charge < -0.3 is 10.6 Å². The van der Waals surface area contributed by atoms with Gasteiger partial charge in [0.15, 0.2) is 0 Å². The fourth-order valence-electron chi connectivity index (χ4n) is 2.61. The second-order valence-corrected chi connectivity index (χ2v) is 5.97. The Bertz CT molecular complexity index is 366.